The van der Waals surface area contributed by atoms with E-state index in [1.165, 1.54) is 11.6 Å². The van der Waals surface area contributed by atoms with Crippen molar-refractivity contribution in [2.75, 3.05) is 13.1 Å². The van der Waals surface area contributed by atoms with E-state index in [2.05, 4.69) is 11.4 Å². The summed E-state index contributed by atoms with van der Waals surface area (Å²) in [4.78, 5) is 0. The zero-order valence-electron chi connectivity index (χ0n) is 8.31. The van der Waals surface area contributed by atoms with Crippen LogP contribution in [0, 0.1) is 12.7 Å². The lowest BCUT2D eigenvalue weighted by atomic mass is 10.1. The van der Waals surface area contributed by atoms with Gasteiger partial charge in [-0.3, -0.25) is 0 Å². The molecule has 1 aliphatic heterocycles. The smallest absolute Gasteiger partial charge is 0.123 e. The Morgan fingerprint density at radius 3 is 2.93 bits per heavy atom. The molecule has 0 aliphatic carbocycles. The van der Waals surface area contributed by atoms with Gasteiger partial charge in [0.25, 0.3) is 0 Å². The summed E-state index contributed by atoms with van der Waals surface area (Å²) in [6.07, 6.45) is 3.27. The van der Waals surface area contributed by atoms with Crippen LogP contribution in [-0.4, -0.2) is 13.1 Å². The number of halogens is 1. The third kappa shape index (κ3) is 2.02. The van der Waals surface area contributed by atoms with Crippen molar-refractivity contribution in [2.45, 2.75) is 13.3 Å². The van der Waals surface area contributed by atoms with Gasteiger partial charge in [0.2, 0.25) is 0 Å². The average Bonchev–Trinajstić information content (AvgIpc) is 2.62. The van der Waals surface area contributed by atoms with Crippen LogP contribution in [0.2, 0.25) is 0 Å². The second-order valence-electron chi connectivity index (χ2n) is 3.73. The van der Waals surface area contributed by atoms with Gasteiger partial charge in [0.05, 0.1) is 0 Å². The maximum atomic E-state index is 12.8. The first-order valence-corrected chi connectivity index (χ1v) is 4.92. The highest BCUT2D eigenvalue weighted by atomic mass is 19.1. The van der Waals surface area contributed by atoms with E-state index >= 15 is 0 Å². The summed E-state index contributed by atoms with van der Waals surface area (Å²) in [6.45, 7) is 3.97. The van der Waals surface area contributed by atoms with Crippen molar-refractivity contribution in [3.8, 4) is 0 Å². The molecule has 1 heterocycles. The van der Waals surface area contributed by atoms with Crippen LogP contribution in [0.5, 0.6) is 0 Å². The van der Waals surface area contributed by atoms with Crippen molar-refractivity contribution in [1.82, 2.24) is 5.32 Å². The molecule has 1 saturated heterocycles. The van der Waals surface area contributed by atoms with Crippen molar-refractivity contribution < 1.29 is 4.39 Å². The van der Waals surface area contributed by atoms with Crippen molar-refractivity contribution >= 4 is 6.08 Å². The molecular weight excluding hydrogens is 177 g/mol. The summed E-state index contributed by atoms with van der Waals surface area (Å²) in [5.41, 5.74) is 3.54. The first kappa shape index (κ1) is 9.41. The molecule has 1 nitrogen and oxygen atoms in total. The van der Waals surface area contributed by atoms with Crippen LogP contribution in [0.3, 0.4) is 0 Å². The predicted molar refractivity (Wildman–Crippen MR) is 56.6 cm³/mol. The number of nitrogens with one attached hydrogen (secondary N) is 1. The van der Waals surface area contributed by atoms with E-state index in [0.717, 1.165) is 30.6 Å². The second-order valence-corrected chi connectivity index (χ2v) is 3.73. The van der Waals surface area contributed by atoms with E-state index in [1.807, 2.05) is 13.0 Å². The fourth-order valence-electron chi connectivity index (χ4n) is 1.73. The topological polar surface area (TPSA) is 12.0 Å². The molecule has 0 saturated carbocycles. The van der Waals surface area contributed by atoms with Crippen molar-refractivity contribution in [2.24, 2.45) is 0 Å². The number of hydrogen-bond donors (Lipinski definition) is 1. The summed E-state index contributed by atoms with van der Waals surface area (Å²) in [6, 6.07) is 4.94. The monoisotopic (exact) mass is 191 g/mol. The van der Waals surface area contributed by atoms with Gasteiger partial charge in [-0.2, -0.15) is 0 Å². The fraction of sp³-hybridized carbons (Fsp3) is 0.333. The zero-order chi connectivity index (χ0) is 9.97. The predicted octanol–water partition coefficient (Wildman–Crippen LogP) is 2.51. The second kappa shape index (κ2) is 3.93. The molecule has 74 valence electrons. The minimum atomic E-state index is -0.158. The first-order valence-electron chi connectivity index (χ1n) is 4.92. The quantitative estimate of drug-likeness (QED) is 0.719. The molecule has 0 spiro atoms. The van der Waals surface area contributed by atoms with Gasteiger partial charge in [0, 0.05) is 6.54 Å². The van der Waals surface area contributed by atoms with Gasteiger partial charge < -0.3 is 5.32 Å². The Morgan fingerprint density at radius 2 is 2.29 bits per heavy atom. The molecule has 1 N–H and O–H groups in total. The minimum absolute atomic E-state index is 0.158. The van der Waals surface area contributed by atoms with Crippen LogP contribution in [0.15, 0.2) is 23.8 Å². The Kier molecular flexibility index (Phi) is 2.64. The molecule has 1 aromatic rings. The maximum absolute atomic E-state index is 12.8. The maximum Gasteiger partial charge on any atom is 0.123 e. The molecule has 0 aromatic heterocycles. The fourth-order valence-corrected chi connectivity index (χ4v) is 1.73. The Hall–Kier alpha value is -1.15. The van der Waals surface area contributed by atoms with E-state index in [0.29, 0.717) is 0 Å². The lowest BCUT2D eigenvalue weighted by Crippen LogP contribution is -2.04. The molecule has 0 unspecified atom stereocenters. The zero-order valence-corrected chi connectivity index (χ0v) is 8.31. The largest absolute Gasteiger partial charge is 0.313 e. The normalized spacial score (nSPS) is 19.1. The Bertz CT molecular complexity index is 361. The van der Waals surface area contributed by atoms with E-state index in [9.17, 15) is 4.39 Å². The van der Waals surface area contributed by atoms with Crippen LogP contribution in [0.4, 0.5) is 4.39 Å². The summed E-state index contributed by atoms with van der Waals surface area (Å²) in [5.74, 6) is -0.158. The van der Waals surface area contributed by atoms with Crippen molar-refractivity contribution in [3.63, 3.8) is 0 Å². The third-order valence-corrected chi connectivity index (χ3v) is 2.57. The summed E-state index contributed by atoms with van der Waals surface area (Å²) in [5, 5.41) is 3.28. The van der Waals surface area contributed by atoms with Crippen LogP contribution >= 0.6 is 0 Å². The summed E-state index contributed by atoms with van der Waals surface area (Å²) in [7, 11) is 0. The van der Waals surface area contributed by atoms with Crippen LogP contribution in [0.1, 0.15) is 17.5 Å². The number of rotatable bonds is 1. The van der Waals surface area contributed by atoms with Crippen molar-refractivity contribution in [1.29, 1.82) is 0 Å². The first-order chi connectivity index (χ1) is 6.75. The van der Waals surface area contributed by atoms with Gasteiger partial charge in [-0.25, -0.2) is 4.39 Å². The molecule has 0 bridgehead atoms. The molecule has 14 heavy (non-hydrogen) atoms. The van der Waals surface area contributed by atoms with Gasteiger partial charge in [-0.05, 0) is 43.1 Å². The van der Waals surface area contributed by atoms with Gasteiger partial charge >= 0.3 is 0 Å². The highest BCUT2D eigenvalue weighted by molar-refractivity contribution is 5.57. The minimum Gasteiger partial charge on any atom is -0.313 e. The van der Waals surface area contributed by atoms with E-state index < -0.39 is 0 Å². The molecular formula is C12H14FN. The highest BCUT2D eigenvalue weighted by Gasteiger charge is 2.06. The number of hydrogen-bond acceptors (Lipinski definition) is 1. The molecule has 1 aliphatic rings. The molecule has 2 rings (SSSR count). The molecule has 1 fully saturated rings. The third-order valence-electron chi connectivity index (χ3n) is 2.57. The van der Waals surface area contributed by atoms with Gasteiger partial charge in [-0.1, -0.05) is 17.7 Å². The lowest BCUT2D eigenvalue weighted by Gasteiger charge is -2.01. The Labute approximate surface area is 83.6 Å². The lowest BCUT2D eigenvalue weighted by molar-refractivity contribution is 0.626. The number of benzene rings is 1. The molecule has 0 atom stereocenters. The van der Waals surface area contributed by atoms with Crippen LogP contribution < -0.4 is 5.32 Å². The summed E-state index contributed by atoms with van der Waals surface area (Å²) < 4.78 is 12.8. The Morgan fingerprint density at radius 1 is 1.43 bits per heavy atom. The van der Waals surface area contributed by atoms with E-state index in [1.54, 1.807) is 6.07 Å². The molecule has 1 aromatic carbocycles. The molecule has 0 radical (unpaired) electrons. The SMILES string of the molecule is Cc1cc(F)ccc1/C=C1/CCNC1. The average molecular weight is 191 g/mol. The number of aryl methyl sites for hydroxylation is 1. The van der Waals surface area contributed by atoms with E-state index in [4.69, 9.17) is 0 Å². The van der Waals surface area contributed by atoms with E-state index in [-0.39, 0.29) is 5.82 Å². The van der Waals surface area contributed by atoms with Crippen LogP contribution in [0.25, 0.3) is 6.08 Å². The van der Waals surface area contributed by atoms with Crippen molar-refractivity contribution in [3.05, 3.63) is 40.7 Å². The van der Waals surface area contributed by atoms with Gasteiger partial charge in [-0.15, -0.1) is 0 Å². The van der Waals surface area contributed by atoms with Gasteiger partial charge in [0.15, 0.2) is 0 Å². The summed E-state index contributed by atoms with van der Waals surface area (Å²) >= 11 is 0. The van der Waals surface area contributed by atoms with Crippen LogP contribution in [-0.2, 0) is 0 Å². The standard InChI is InChI=1S/C12H14FN/c1-9-6-12(13)3-2-11(9)7-10-4-5-14-8-10/h2-3,6-7,14H,4-5,8H2,1H3/b10-7-. The van der Waals surface area contributed by atoms with Gasteiger partial charge in [0.1, 0.15) is 5.82 Å². The Balaban J connectivity index is 2.28. The highest BCUT2D eigenvalue weighted by Crippen LogP contribution is 2.16. The molecule has 0 amide bonds. The molecule has 2 heteroatoms.